The number of ether oxygens (including phenoxy) is 2. The van der Waals surface area contributed by atoms with Crippen LogP contribution in [-0.2, 0) is 9.47 Å². The third-order valence-corrected chi connectivity index (χ3v) is 3.11. The van der Waals surface area contributed by atoms with Gasteiger partial charge in [0.05, 0.1) is 24.9 Å². The van der Waals surface area contributed by atoms with E-state index in [0.717, 1.165) is 13.0 Å². The molecule has 0 aliphatic heterocycles. The molecule has 20 heavy (non-hydrogen) atoms. The molecule has 3 nitrogen and oxygen atoms in total. The summed E-state index contributed by atoms with van der Waals surface area (Å²) in [7, 11) is 0. The molecule has 0 radical (unpaired) electrons. The molecule has 114 valence electrons. The van der Waals surface area contributed by atoms with E-state index < -0.39 is 0 Å². The quantitative estimate of drug-likeness (QED) is 0.710. The van der Waals surface area contributed by atoms with Crippen molar-refractivity contribution >= 4 is 0 Å². The van der Waals surface area contributed by atoms with E-state index in [1.165, 1.54) is 5.56 Å². The van der Waals surface area contributed by atoms with Gasteiger partial charge in [-0.2, -0.15) is 0 Å². The number of nitrogens with one attached hydrogen (secondary N) is 1. The van der Waals surface area contributed by atoms with Gasteiger partial charge < -0.3 is 14.8 Å². The second-order valence-corrected chi connectivity index (χ2v) is 5.23. The monoisotopic (exact) mass is 279 g/mol. The first-order chi connectivity index (χ1) is 9.69. The molecule has 1 rings (SSSR count). The molecule has 0 bridgehead atoms. The minimum Gasteiger partial charge on any atom is -0.377 e. The van der Waals surface area contributed by atoms with E-state index in [1.54, 1.807) is 0 Å². The smallest absolute Gasteiger partial charge is 0.1000 e. The summed E-state index contributed by atoms with van der Waals surface area (Å²) in [6.45, 7) is 10.7. The number of hydrogen-bond acceptors (Lipinski definition) is 3. The van der Waals surface area contributed by atoms with Crippen LogP contribution in [0.2, 0.25) is 0 Å². The van der Waals surface area contributed by atoms with Crippen LogP contribution >= 0.6 is 0 Å². The maximum Gasteiger partial charge on any atom is 0.1000 e. The molecule has 0 amide bonds. The Hall–Kier alpha value is -0.900. The predicted molar refractivity (Wildman–Crippen MR) is 84.0 cm³/mol. The number of rotatable bonds is 10. The van der Waals surface area contributed by atoms with Crippen LogP contribution in [0.5, 0.6) is 0 Å². The van der Waals surface area contributed by atoms with Crippen LogP contribution in [0.25, 0.3) is 0 Å². The lowest BCUT2D eigenvalue weighted by atomic mass is 10.0. The molecule has 3 heteroatoms. The first kappa shape index (κ1) is 17.2. The van der Waals surface area contributed by atoms with Crippen molar-refractivity contribution in [2.24, 2.45) is 0 Å². The molecule has 2 unspecified atom stereocenters. The lowest BCUT2D eigenvalue weighted by Crippen LogP contribution is -2.41. The van der Waals surface area contributed by atoms with Crippen molar-refractivity contribution < 1.29 is 9.47 Å². The minimum absolute atomic E-state index is 0.0338. The van der Waals surface area contributed by atoms with Gasteiger partial charge in [0.2, 0.25) is 0 Å². The van der Waals surface area contributed by atoms with Crippen molar-refractivity contribution in [1.82, 2.24) is 5.32 Å². The van der Waals surface area contributed by atoms with Gasteiger partial charge in [-0.15, -0.1) is 0 Å². The standard InChI is InChI=1S/C17H29NO2/c1-5-12-18-16(13-20-14(3)4)17(19-6-2)15-10-8-7-9-11-15/h7-11,14,16-18H,5-6,12-13H2,1-4H3. The molecule has 1 aromatic rings. The average molecular weight is 279 g/mol. The summed E-state index contributed by atoms with van der Waals surface area (Å²) in [6.07, 6.45) is 1.37. The van der Waals surface area contributed by atoms with Gasteiger partial charge in [-0.25, -0.2) is 0 Å². The highest BCUT2D eigenvalue weighted by atomic mass is 16.5. The van der Waals surface area contributed by atoms with Crippen LogP contribution in [0, 0.1) is 0 Å². The van der Waals surface area contributed by atoms with E-state index >= 15 is 0 Å². The predicted octanol–water partition coefficient (Wildman–Crippen LogP) is 3.56. The van der Waals surface area contributed by atoms with Gasteiger partial charge in [-0.3, -0.25) is 0 Å². The topological polar surface area (TPSA) is 30.5 Å². The molecular weight excluding hydrogens is 250 g/mol. The Balaban J connectivity index is 2.79. The fourth-order valence-electron chi connectivity index (χ4n) is 2.15. The summed E-state index contributed by atoms with van der Waals surface area (Å²) in [5.74, 6) is 0. The Morgan fingerprint density at radius 3 is 2.30 bits per heavy atom. The van der Waals surface area contributed by atoms with Gasteiger partial charge in [0, 0.05) is 6.61 Å². The summed E-state index contributed by atoms with van der Waals surface area (Å²) in [5, 5.41) is 3.56. The highest BCUT2D eigenvalue weighted by Gasteiger charge is 2.23. The Kier molecular flexibility index (Phi) is 8.51. The van der Waals surface area contributed by atoms with E-state index in [1.807, 2.05) is 13.0 Å². The lowest BCUT2D eigenvalue weighted by Gasteiger charge is -2.29. The van der Waals surface area contributed by atoms with Crippen molar-refractivity contribution in [3.8, 4) is 0 Å². The SMILES string of the molecule is CCCNC(COC(C)C)C(OCC)c1ccccc1. The summed E-state index contributed by atoms with van der Waals surface area (Å²) < 4.78 is 11.8. The highest BCUT2D eigenvalue weighted by molar-refractivity contribution is 5.19. The zero-order valence-electron chi connectivity index (χ0n) is 13.3. The third kappa shape index (κ3) is 6.04. The number of hydrogen-bond donors (Lipinski definition) is 1. The zero-order chi connectivity index (χ0) is 14.8. The van der Waals surface area contributed by atoms with E-state index in [4.69, 9.17) is 9.47 Å². The second kappa shape index (κ2) is 9.92. The fourth-order valence-corrected chi connectivity index (χ4v) is 2.15. The Morgan fingerprint density at radius 1 is 1.05 bits per heavy atom. The van der Waals surface area contributed by atoms with Crippen molar-refractivity contribution in [2.45, 2.75) is 52.4 Å². The Labute approximate surface area is 123 Å². The van der Waals surface area contributed by atoms with Crippen LogP contribution in [-0.4, -0.2) is 31.9 Å². The van der Waals surface area contributed by atoms with Crippen molar-refractivity contribution in [3.05, 3.63) is 35.9 Å². The van der Waals surface area contributed by atoms with Crippen LogP contribution in [0.1, 0.15) is 45.8 Å². The van der Waals surface area contributed by atoms with Crippen LogP contribution in [0.3, 0.4) is 0 Å². The molecule has 0 spiro atoms. The normalized spacial score (nSPS) is 14.4. The maximum atomic E-state index is 5.98. The summed E-state index contributed by atoms with van der Waals surface area (Å²) in [5.41, 5.74) is 1.20. The van der Waals surface area contributed by atoms with Gasteiger partial charge in [0.25, 0.3) is 0 Å². The van der Waals surface area contributed by atoms with Gasteiger partial charge in [0.15, 0.2) is 0 Å². The maximum absolute atomic E-state index is 5.98. The molecule has 1 N–H and O–H groups in total. The molecule has 0 aromatic heterocycles. The van der Waals surface area contributed by atoms with E-state index in [9.17, 15) is 0 Å². The molecule has 0 heterocycles. The molecule has 0 aliphatic carbocycles. The van der Waals surface area contributed by atoms with Crippen molar-refractivity contribution in [1.29, 1.82) is 0 Å². The van der Waals surface area contributed by atoms with E-state index in [-0.39, 0.29) is 18.2 Å². The summed E-state index contributed by atoms with van der Waals surface area (Å²) in [6, 6.07) is 10.6. The van der Waals surface area contributed by atoms with Gasteiger partial charge in [-0.05, 0) is 39.3 Å². The third-order valence-electron chi connectivity index (χ3n) is 3.11. The summed E-state index contributed by atoms with van der Waals surface area (Å²) in [4.78, 5) is 0. The van der Waals surface area contributed by atoms with Crippen molar-refractivity contribution in [2.75, 3.05) is 19.8 Å². The van der Waals surface area contributed by atoms with Crippen molar-refractivity contribution in [3.63, 3.8) is 0 Å². The molecule has 1 aromatic carbocycles. The molecule has 0 saturated heterocycles. The first-order valence-corrected chi connectivity index (χ1v) is 7.70. The van der Waals surface area contributed by atoms with E-state index in [2.05, 4.69) is 50.4 Å². The first-order valence-electron chi connectivity index (χ1n) is 7.70. The Morgan fingerprint density at radius 2 is 1.75 bits per heavy atom. The fraction of sp³-hybridized carbons (Fsp3) is 0.647. The van der Waals surface area contributed by atoms with Gasteiger partial charge in [0.1, 0.15) is 0 Å². The Bertz CT molecular complexity index is 340. The highest BCUT2D eigenvalue weighted by Crippen LogP contribution is 2.22. The molecule has 0 aliphatic rings. The molecule has 0 saturated carbocycles. The van der Waals surface area contributed by atoms with Crippen LogP contribution in [0.4, 0.5) is 0 Å². The molecule has 2 atom stereocenters. The van der Waals surface area contributed by atoms with Gasteiger partial charge in [-0.1, -0.05) is 37.3 Å². The van der Waals surface area contributed by atoms with E-state index in [0.29, 0.717) is 13.2 Å². The number of benzene rings is 1. The molecular formula is C17H29NO2. The van der Waals surface area contributed by atoms with Crippen LogP contribution < -0.4 is 5.32 Å². The summed E-state index contributed by atoms with van der Waals surface area (Å²) >= 11 is 0. The molecule has 0 fully saturated rings. The van der Waals surface area contributed by atoms with Gasteiger partial charge >= 0.3 is 0 Å². The van der Waals surface area contributed by atoms with Crippen LogP contribution in [0.15, 0.2) is 30.3 Å². The largest absolute Gasteiger partial charge is 0.377 e. The zero-order valence-corrected chi connectivity index (χ0v) is 13.3. The second-order valence-electron chi connectivity index (χ2n) is 5.23. The lowest BCUT2D eigenvalue weighted by molar-refractivity contribution is -0.0150. The minimum atomic E-state index is 0.0338. The average Bonchev–Trinajstić information content (AvgIpc) is 2.46.